The van der Waals surface area contributed by atoms with Crippen LogP contribution in [0.4, 0.5) is 0 Å². The number of hydrogen-bond acceptors (Lipinski definition) is 1. The van der Waals surface area contributed by atoms with E-state index in [1.807, 2.05) is 30.3 Å². The van der Waals surface area contributed by atoms with Crippen LogP contribution in [-0.2, 0) is 0 Å². The predicted molar refractivity (Wildman–Crippen MR) is 210 cm³/mol. The Morgan fingerprint density at radius 3 is 1.35 bits per heavy atom. The van der Waals surface area contributed by atoms with Gasteiger partial charge in [-0.25, -0.2) is 0 Å². The fourth-order valence-electron chi connectivity index (χ4n) is 7.96. The summed E-state index contributed by atoms with van der Waals surface area (Å²) in [5.74, 6) is 0. The molecule has 0 radical (unpaired) electrons. The van der Waals surface area contributed by atoms with E-state index in [4.69, 9.17) is 27.6 Å². The lowest BCUT2D eigenvalue weighted by atomic mass is 9.80. The fourth-order valence-corrected chi connectivity index (χ4v) is 8.42. The Labute approximate surface area is 292 Å². The van der Waals surface area contributed by atoms with E-state index in [1.165, 1.54) is 27.5 Å². The van der Waals surface area contributed by atoms with Gasteiger partial charge in [0.05, 0.1) is 0 Å². The predicted octanol–water partition coefficient (Wildman–Crippen LogP) is 14.5. The van der Waals surface area contributed by atoms with Crippen molar-refractivity contribution in [1.29, 1.82) is 0 Å². The molecule has 0 bridgehead atoms. The van der Waals surface area contributed by atoms with Gasteiger partial charge in [-0.1, -0.05) is 151 Å². The number of halogens is 2. The molecular formula is C46H26Cl2O. The average Bonchev–Trinajstić information content (AvgIpc) is 3.53. The van der Waals surface area contributed by atoms with Crippen molar-refractivity contribution in [3.8, 4) is 33.4 Å². The van der Waals surface area contributed by atoms with Gasteiger partial charge in [0.2, 0.25) is 0 Å². The van der Waals surface area contributed by atoms with Gasteiger partial charge in [0.15, 0.2) is 0 Å². The van der Waals surface area contributed by atoms with E-state index in [0.29, 0.717) is 10.0 Å². The summed E-state index contributed by atoms with van der Waals surface area (Å²) in [5.41, 5.74) is 8.73. The molecule has 230 valence electrons. The maximum atomic E-state index is 6.93. The second-order valence-electron chi connectivity index (χ2n) is 12.6. The van der Waals surface area contributed by atoms with E-state index in [9.17, 15) is 0 Å². The molecule has 1 heterocycles. The molecule has 0 N–H and O–H groups in total. The highest BCUT2D eigenvalue weighted by atomic mass is 35.5. The van der Waals surface area contributed by atoms with Crippen molar-refractivity contribution in [2.75, 3.05) is 0 Å². The second-order valence-corrected chi connectivity index (χ2v) is 13.4. The van der Waals surface area contributed by atoms with Gasteiger partial charge >= 0.3 is 0 Å². The van der Waals surface area contributed by atoms with Gasteiger partial charge in [-0.3, -0.25) is 0 Å². The van der Waals surface area contributed by atoms with Gasteiger partial charge in [0.1, 0.15) is 11.2 Å². The molecule has 0 amide bonds. The lowest BCUT2D eigenvalue weighted by molar-refractivity contribution is 0.669. The Morgan fingerprint density at radius 1 is 0.327 bits per heavy atom. The third-order valence-electron chi connectivity index (χ3n) is 9.99. The molecule has 3 heteroatoms. The number of hydrogen-bond donors (Lipinski definition) is 0. The first-order valence-electron chi connectivity index (χ1n) is 16.4. The van der Waals surface area contributed by atoms with Gasteiger partial charge < -0.3 is 4.42 Å². The van der Waals surface area contributed by atoms with E-state index < -0.39 is 0 Å². The van der Waals surface area contributed by atoms with Gasteiger partial charge in [-0.05, 0) is 90.5 Å². The van der Waals surface area contributed by atoms with Gasteiger partial charge in [0.25, 0.3) is 0 Å². The summed E-state index contributed by atoms with van der Waals surface area (Å²) in [4.78, 5) is 0. The highest BCUT2D eigenvalue weighted by Gasteiger charge is 2.25. The molecule has 0 spiro atoms. The van der Waals surface area contributed by atoms with E-state index in [0.717, 1.165) is 70.9 Å². The molecule has 10 rings (SSSR count). The average molecular weight is 666 g/mol. The van der Waals surface area contributed by atoms with Gasteiger partial charge in [0, 0.05) is 37.2 Å². The number of fused-ring (bicyclic) bond motifs is 7. The topological polar surface area (TPSA) is 13.1 Å². The Balaban J connectivity index is 1.46. The van der Waals surface area contributed by atoms with Crippen LogP contribution in [0.3, 0.4) is 0 Å². The van der Waals surface area contributed by atoms with Crippen molar-refractivity contribution in [2.45, 2.75) is 0 Å². The number of furan rings is 1. The molecule has 0 fully saturated rings. The normalized spacial score (nSPS) is 11.9. The minimum absolute atomic E-state index is 0.705. The highest BCUT2D eigenvalue weighted by molar-refractivity contribution is 6.40. The summed E-state index contributed by atoms with van der Waals surface area (Å²) in [6.07, 6.45) is 0. The van der Waals surface area contributed by atoms with E-state index in [2.05, 4.69) is 127 Å². The Bertz CT molecular complexity index is 2840. The SMILES string of the molecule is Clc1cccc2c(-c3c4ccccc4c(-c4c(-c5ccccc5)ccc5oc6ccccc6c45)c4ccccc34)c3cccc(Cl)c3cc12. The first-order chi connectivity index (χ1) is 24.2. The smallest absolute Gasteiger partial charge is 0.136 e. The van der Waals surface area contributed by atoms with E-state index in [-0.39, 0.29) is 0 Å². The van der Waals surface area contributed by atoms with Crippen molar-refractivity contribution in [2.24, 2.45) is 0 Å². The molecule has 0 unspecified atom stereocenters. The summed E-state index contributed by atoms with van der Waals surface area (Å²) in [6.45, 7) is 0. The summed E-state index contributed by atoms with van der Waals surface area (Å²) >= 11 is 13.9. The molecule has 0 atom stereocenters. The van der Waals surface area contributed by atoms with Crippen molar-refractivity contribution in [1.82, 2.24) is 0 Å². The standard InChI is InChI=1S/C46H26Cl2O/c47-38-21-10-19-33-36(38)26-37-34(20-11-22-39(37)48)43(33)42-29-14-4-6-16-31(29)44(32-17-7-5-15-30(32)42)46-28(27-12-2-1-3-13-27)24-25-41-45(46)35-18-8-9-23-40(35)49-41/h1-26H. The van der Waals surface area contributed by atoms with E-state index in [1.54, 1.807) is 0 Å². The number of para-hydroxylation sites is 1. The summed E-state index contributed by atoms with van der Waals surface area (Å²) in [7, 11) is 0. The molecule has 0 aliphatic heterocycles. The Hall–Kier alpha value is -5.60. The largest absolute Gasteiger partial charge is 0.456 e. The quantitative estimate of drug-likeness (QED) is 0.171. The Morgan fingerprint density at radius 2 is 0.776 bits per heavy atom. The molecule has 10 aromatic rings. The van der Waals surface area contributed by atoms with Crippen LogP contribution >= 0.6 is 23.2 Å². The maximum Gasteiger partial charge on any atom is 0.136 e. The minimum atomic E-state index is 0.705. The molecule has 1 aromatic heterocycles. The summed E-state index contributed by atoms with van der Waals surface area (Å²) in [6, 6.07) is 55.5. The van der Waals surface area contributed by atoms with Crippen LogP contribution in [0.2, 0.25) is 10.0 Å². The molecule has 0 aliphatic carbocycles. The van der Waals surface area contributed by atoms with Gasteiger partial charge in [-0.15, -0.1) is 0 Å². The molecule has 1 nitrogen and oxygen atoms in total. The third-order valence-corrected chi connectivity index (χ3v) is 10.7. The third kappa shape index (κ3) is 4.20. The van der Waals surface area contributed by atoms with Crippen molar-refractivity contribution >= 4 is 88.2 Å². The van der Waals surface area contributed by atoms with E-state index >= 15 is 0 Å². The first-order valence-corrected chi connectivity index (χ1v) is 17.2. The van der Waals surface area contributed by atoms with Crippen LogP contribution in [0.25, 0.3) is 98.4 Å². The zero-order valence-electron chi connectivity index (χ0n) is 26.2. The molecule has 0 saturated heterocycles. The molecule has 9 aromatic carbocycles. The zero-order valence-corrected chi connectivity index (χ0v) is 27.7. The van der Waals surface area contributed by atoms with Crippen LogP contribution in [0.5, 0.6) is 0 Å². The number of rotatable bonds is 3. The zero-order chi connectivity index (χ0) is 32.6. The highest BCUT2D eigenvalue weighted by Crippen LogP contribution is 2.52. The van der Waals surface area contributed by atoms with Crippen molar-refractivity contribution in [3.05, 3.63) is 168 Å². The Kier molecular flexibility index (Phi) is 6.36. The molecule has 0 saturated carbocycles. The van der Waals surface area contributed by atoms with Crippen LogP contribution in [0.1, 0.15) is 0 Å². The van der Waals surface area contributed by atoms with Crippen LogP contribution in [0, 0.1) is 0 Å². The molecular weight excluding hydrogens is 639 g/mol. The molecule has 49 heavy (non-hydrogen) atoms. The lowest BCUT2D eigenvalue weighted by Crippen LogP contribution is -1.95. The van der Waals surface area contributed by atoms with Crippen LogP contribution < -0.4 is 0 Å². The van der Waals surface area contributed by atoms with Crippen LogP contribution in [-0.4, -0.2) is 0 Å². The van der Waals surface area contributed by atoms with Crippen molar-refractivity contribution in [3.63, 3.8) is 0 Å². The maximum absolute atomic E-state index is 6.93. The number of benzene rings is 9. The summed E-state index contributed by atoms with van der Waals surface area (Å²) in [5, 5.41) is 12.4. The minimum Gasteiger partial charge on any atom is -0.456 e. The molecule has 0 aliphatic rings. The van der Waals surface area contributed by atoms with Gasteiger partial charge in [-0.2, -0.15) is 0 Å². The van der Waals surface area contributed by atoms with Crippen molar-refractivity contribution < 1.29 is 4.42 Å². The fraction of sp³-hybridized carbons (Fsp3) is 0. The monoisotopic (exact) mass is 664 g/mol. The lowest BCUT2D eigenvalue weighted by Gasteiger charge is -2.22. The second kappa shape index (κ2) is 11.0. The summed E-state index contributed by atoms with van der Waals surface area (Å²) < 4.78 is 6.52. The van der Waals surface area contributed by atoms with Crippen LogP contribution in [0.15, 0.2) is 162 Å². The first kappa shape index (κ1) is 28.4.